The second kappa shape index (κ2) is 11.9. The topological polar surface area (TPSA) is 52.0 Å². The highest BCUT2D eigenvalue weighted by atomic mass is 16.6. The molecule has 1 saturated carbocycles. The standard InChI is InChI=1S/C22H36N2O3/c1-4-5-6-11-16-26-21-15-10-8-13-19(21)23-22(25)27-20-14-9-7-12-18(20)17-24(2)3/h8,10,13,15,18,20H,4-7,9,11-12,14,16-17H2,1-3H3,(H,23,25)/p+1/t18-,20-/m1/s1. The monoisotopic (exact) mass is 377 g/mol. The van der Waals surface area contributed by atoms with Crippen molar-refractivity contribution >= 4 is 11.8 Å². The van der Waals surface area contributed by atoms with Crippen LogP contribution in [0.4, 0.5) is 10.5 Å². The van der Waals surface area contributed by atoms with Gasteiger partial charge in [-0.15, -0.1) is 0 Å². The molecule has 0 heterocycles. The Hall–Kier alpha value is -1.75. The van der Waals surface area contributed by atoms with Gasteiger partial charge in [-0.2, -0.15) is 0 Å². The fourth-order valence-electron chi connectivity index (χ4n) is 3.77. The lowest BCUT2D eigenvalue weighted by Crippen LogP contribution is -3.06. The summed E-state index contributed by atoms with van der Waals surface area (Å²) in [6.07, 6.45) is 8.74. The van der Waals surface area contributed by atoms with Crippen LogP contribution in [-0.4, -0.2) is 39.4 Å². The average molecular weight is 378 g/mol. The first-order valence-electron chi connectivity index (χ1n) is 10.6. The molecule has 1 aromatic rings. The van der Waals surface area contributed by atoms with E-state index in [1.165, 1.54) is 30.6 Å². The summed E-state index contributed by atoms with van der Waals surface area (Å²) in [7, 11) is 4.31. The molecule has 5 heteroatoms. The van der Waals surface area contributed by atoms with E-state index in [4.69, 9.17) is 9.47 Å². The first kappa shape index (κ1) is 21.5. The molecule has 1 aliphatic rings. The van der Waals surface area contributed by atoms with Gasteiger partial charge in [0.25, 0.3) is 0 Å². The Bertz CT molecular complexity index is 562. The number of para-hydroxylation sites is 2. The van der Waals surface area contributed by atoms with Gasteiger partial charge in [-0.1, -0.05) is 44.7 Å². The number of benzene rings is 1. The van der Waals surface area contributed by atoms with Gasteiger partial charge in [0.05, 0.1) is 32.9 Å². The van der Waals surface area contributed by atoms with E-state index in [1.807, 2.05) is 24.3 Å². The zero-order valence-electron chi connectivity index (χ0n) is 17.3. The highest BCUT2D eigenvalue weighted by Crippen LogP contribution is 2.28. The molecular weight excluding hydrogens is 340 g/mol. The van der Waals surface area contributed by atoms with Gasteiger partial charge in [0, 0.05) is 5.92 Å². The van der Waals surface area contributed by atoms with E-state index < -0.39 is 0 Å². The molecule has 152 valence electrons. The van der Waals surface area contributed by atoms with E-state index in [9.17, 15) is 4.79 Å². The molecule has 1 amide bonds. The molecule has 0 saturated heterocycles. The fraction of sp³-hybridized carbons (Fsp3) is 0.682. The van der Waals surface area contributed by atoms with Gasteiger partial charge in [-0.3, -0.25) is 5.32 Å². The predicted molar refractivity (Wildman–Crippen MR) is 110 cm³/mol. The molecule has 1 aliphatic carbocycles. The number of anilines is 1. The van der Waals surface area contributed by atoms with Crippen LogP contribution < -0.4 is 15.0 Å². The van der Waals surface area contributed by atoms with Crippen LogP contribution in [0.5, 0.6) is 5.75 Å². The van der Waals surface area contributed by atoms with Crippen molar-refractivity contribution in [3.05, 3.63) is 24.3 Å². The minimum absolute atomic E-state index is 0.00998. The number of hydrogen-bond donors (Lipinski definition) is 2. The zero-order valence-corrected chi connectivity index (χ0v) is 17.3. The smallest absolute Gasteiger partial charge is 0.412 e. The predicted octanol–water partition coefficient (Wildman–Crippen LogP) is 3.90. The summed E-state index contributed by atoms with van der Waals surface area (Å²) in [6.45, 7) is 3.90. The third kappa shape index (κ3) is 7.79. The Labute approximate surface area is 164 Å². The Kier molecular flexibility index (Phi) is 9.46. The number of carbonyl (C=O) groups excluding carboxylic acids is 1. The van der Waals surface area contributed by atoms with Crippen LogP contribution in [0.1, 0.15) is 58.3 Å². The van der Waals surface area contributed by atoms with Gasteiger partial charge in [0.1, 0.15) is 11.9 Å². The van der Waals surface area contributed by atoms with Crippen molar-refractivity contribution < 1.29 is 19.2 Å². The van der Waals surface area contributed by atoms with Crippen molar-refractivity contribution in [2.75, 3.05) is 32.6 Å². The van der Waals surface area contributed by atoms with E-state index in [1.54, 1.807) is 0 Å². The van der Waals surface area contributed by atoms with Crippen LogP contribution >= 0.6 is 0 Å². The largest absolute Gasteiger partial charge is 0.491 e. The Morgan fingerprint density at radius 3 is 2.70 bits per heavy atom. The highest BCUT2D eigenvalue weighted by Gasteiger charge is 2.30. The molecule has 2 N–H and O–H groups in total. The van der Waals surface area contributed by atoms with Crippen LogP contribution in [0, 0.1) is 5.92 Å². The third-order valence-corrected chi connectivity index (χ3v) is 5.15. The van der Waals surface area contributed by atoms with Gasteiger partial charge in [0.2, 0.25) is 0 Å². The molecule has 0 spiro atoms. The average Bonchev–Trinajstić information content (AvgIpc) is 2.64. The summed E-state index contributed by atoms with van der Waals surface area (Å²) >= 11 is 0. The Balaban J connectivity index is 1.87. The quantitative estimate of drug-likeness (QED) is 0.608. The maximum absolute atomic E-state index is 12.5. The number of hydrogen-bond acceptors (Lipinski definition) is 3. The molecule has 0 radical (unpaired) electrons. The highest BCUT2D eigenvalue weighted by molar-refractivity contribution is 5.86. The lowest BCUT2D eigenvalue weighted by atomic mass is 9.86. The van der Waals surface area contributed by atoms with Crippen LogP contribution in [0.25, 0.3) is 0 Å². The molecule has 0 aliphatic heterocycles. The minimum atomic E-state index is -0.373. The number of quaternary nitrogens is 1. The lowest BCUT2D eigenvalue weighted by Gasteiger charge is -2.31. The molecule has 5 nitrogen and oxygen atoms in total. The van der Waals surface area contributed by atoms with Crippen molar-refractivity contribution in [1.82, 2.24) is 0 Å². The number of carbonyl (C=O) groups is 1. The summed E-state index contributed by atoms with van der Waals surface area (Å²) in [5.74, 6) is 1.16. The fourth-order valence-corrected chi connectivity index (χ4v) is 3.77. The number of nitrogens with one attached hydrogen (secondary N) is 2. The van der Waals surface area contributed by atoms with Gasteiger partial charge in [0.15, 0.2) is 0 Å². The van der Waals surface area contributed by atoms with E-state index in [-0.39, 0.29) is 12.2 Å². The van der Waals surface area contributed by atoms with Crippen LogP contribution in [0.3, 0.4) is 0 Å². The zero-order chi connectivity index (χ0) is 19.5. The summed E-state index contributed by atoms with van der Waals surface area (Å²) in [5.41, 5.74) is 0.684. The third-order valence-electron chi connectivity index (χ3n) is 5.15. The van der Waals surface area contributed by atoms with Gasteiger partial charge in [-0.05, 0) is 37.8 Å². The Morgan fingerprint density at radius 2 is 1.93 bits per heavy atom. The molecule has 0 bridgehead atoms. The molecule has 1 fully saturated rings. The van der Waals surface area contributed by atoms with Gasteiger partial charge < -0.3 is 14.4 Å². The van der Waals surface area contributed by atoms with Gasteiger partial charge in [-0.25, -0.2) is 4.79 Å². The van der Waals surface area contributed by atoms with Crippen molar-refractivity contribution in [3.8, 4) is 5.75 Å². The normalized spacial score (nSPS) is 19.7. The van der Waals surface area contributed by atoms with Crippen molar-refractivity contribution in [3.63, 3.8) is 0 Å². The molecule has 0 unspecified atom stereocenters. The SMILES string of the molecule is CCCCCCOc1ccccc1NC(=O)O[C@@H]1CCCC[C@@H]1C[NH+](C)C. The molecule has 2 atom stereocenters. The van der Waals surface area contributed by atoms with E-state index in [0.29, 0.717) is 24.0 Å². The van der Waals surface area contributed by atoms with E-state index in [2.05, 4.69) is 26.3 Å². The lowest BCUT2D eigenvalue weighted by molar-refractivity contribution is -0.862. The first-order valence-corrected chi connectivity index (χ1v) is 10.6. The minimum Gasteiger partial charge on any atom is -0.491 e. The summed E-state index contributed by atoms with van der Waals surface area (Å²) in [5, 5.41) is 2.89. The molecule has 1 aromatic carbocycles. The number of unbranched alkanes of at least 4 members (excludes halogenated alkanes) is 3. The summed E-state index contributed by atoms with van der Waals surface area (Å²) in [6, 6.07) is 7.59. The first-order chi connectivity index (χ1) is 13.1. The van der Waals surface area contributed by atoms with E-state index in [0.717, 1.165) is 32.2 Å². The molecule has 2 rings (SSSR count). The molecular formula is C22H37N2O3+. The number of rotatable bonds is 10. The number of ether oxygens (including phenoxy) is 2. The van der Waals surface area contributed by atoms with E-state index >= 15 is 0 Å². The van der Waals surface area contributed by atoms with Crippen molar-refractivity contribution in [2.45, 2.75) is 64.4 Å². The van der Waals surface area contributed by atoms with Crippen molar-refractivity contribution in [1.29, 1.82) is 0 Å². The summed E-state index contributed by atoms with van der Waals surface area (Å²) in [4.78, 5) is 13.9. The number of amides is 1. The van der Waals surface area contributed by atoms with Crippen LogP contribution in [-0.2, 0) is 4.74 Å². The van der Waals surface area contributed by atoms with Crippen LogP contribution in [0.2, 0.25) is 0 Å². The van der Waals surface area contributed by atoms with Crippen molar-refractivity contribution in [2.24, 2.45) is 5.92 Å². The van der Waals surface area contributed by atoms with Crippen LogP contribution in [0.15, 0.2) is 24.3 Å². The second-order valence-corrected chi connectivity index (χ2v) is 7.93. The molecule has 27 heavy (non-hydrogen) atoms. The molecule has 0 aromatic heterocycles. The maximum Gasteiger partial charge on any atom is 0.412 e. The maximum atomic E-state index is 12.5. The van der Waals surface area contributed by atoms with Gasteiger partial charge >= 0.3 is 6.09 Å². The second-order valence-electron chi connectivity index (χ2n) is 7.93. The Morgan fingerprint density at radius 1 is 1.15 bits per heavy atom. The summed E-state index contributed by atoms with van der Waals surface area (Å²) < 4.78 is 11.7.